The third-order valence-corrected chi connectivity index (χ3v) is 5.93. The van der Waals surface area contributed by atoms with Crippen molar-refractivity contribution < 1.29 is 4.39 Å². The fraction of sp³-hybridized carbons (Fsp3) is 0.280. The Morgan fingerprint density at radius 3 is 2.81 bits per heavy atom. The molecule has 2 aromatic carbocycles. The van der Waals surface area contributed by atoms with E-state index in [9.17, 15) is 4.39 Å². The minimum atomic E-state index is -0.210. The van der Waals surface area contributed by atoms with Crippen molar-refractivity contribution >= 4 is 28.1 Å². The molecule has 6 nitrogen and oxygen atoms in total. The summed E-state index contributed by atoms with van der Waals surface area (Å²) >= 11 is 0. The van der Waals surface area contributed by atoms with Crippen molar-refractivity contribution in [3.05, 3.63) is 77.6 Å². The molecule has 0 amide bonds. The highest BCUT2D eigenvalue weighted by Crippen LogP contribution is 2.28. The third-order valence-electron chi connectivity index (χ3n) is 5.93. The third kappa shape index (κ3) is 4.23. The highest BCUT2D eigenvalue weighted by atomic mass is 19.1. The molecule has 0 radical (unpaired) electrons. The lowest BCUT2D eigenvalue weighted by Gasteiger charge is -2.30. The Labute approximate surface area is 186 Å². The van der Waals surface area contributed by atoms with Gasteiger partial charge in [-0.2, -0.15) is 10.2 Å². The van der Waals surface area contributed by atoms with Gasteiger partial charge in [-0.05, 0) is 55.5 Å². The van der Waals surface area contributed by atoms with E-state index in [1.54, 1.807) is 18.5 Å². The quantitative estimate of drug-likeness (QED) is 0.472. The number of piperidine rings is 1. The van der Waals surface area contributed by atoms with Gasteiger partial charge in [0.05, 0.1) is 17.4 Å². The lowest BCUT2D eigenvalue weighted by molar-refractivity contribution is 0.572. The highest BCUT2D eigenvalue weighted by molar-refractivity contribution is 5.93. The zero-order chi connectivity index (χ0) is 21.9. The second-order valence-corrected chi connectivity index (χ2v) is 8.21. The van der Waals surface area contributed by atoms with E-state index in [0.29, 0.717) is 18.1 Å². The van der Waals surface area contributed by atoms with Gasteiger partial charge in [0.15, 0.2) is 0 Å². The number of anilines is 3. The van der Waals surface area contributed by atoms with Crippen LogP contribution in [-0.2, 0) is 6.42 Å². The van der Waals surface area contributed by atoms with Gasteiger partial charge in [-0.15, -0.1) is 0 Å². The molecule has 1 N–H and O–H groups in total. The molecule has 1 fully saturated rings. The van der Waals surface area contributed by atoms with E-state index in [0.717, 1.165) is 59.3 Å². The Balaban J connectivity index is 1.42. The standard InChI is InChI=1S/C25H25FN6/c1-17-6-5-7-20-21(16-28-31-25(17)20)29-23-10-11-27-24(30-23)14-18-8-9-19(26)15-22(18)32-12-3-2-4-13-32/h5-11,15-16H,2-4,12-14H2,1H3,(H,27,29,30,31). The fourth-order valence-corrected chi connectivity index (χ4v) is 4.30. The maximum absolute atomic E-state index is 14.0. The van der Waals surface area contributed by atoms with E-state index in [4.69, 9.17) is 4.98 Å². The van der Waals surface area contributed by atoms with Crippen LogP contribution < -0.4 is 10.2 Å². The van der Waals surface area contributed by atoms with Crippen molar-refractivity contribution in [2.24, 2.45) is 0 Å². The van der Waals surface area contributed by atoms with Crippen molar-refractivity contribution in [2.45, 2.75) is 32.6 Å². The minimum absolute atomic E-state index is 0.210. The van der Waals surface area contributed by atoms with Crippen LogP contribution in [0.2, 0.25) is 0 Å². The van der Waals surface area contributed by atoms with E-state index < -0.39 is 0 Å². The molecule has 0 bridgehead atoms. The van der Waals surface area contributed by atoms with Gasteiger partial charge in [0.1, 0.15) is 17.5 Å². The molecule has 2 aromatic heterocycles. The number of nitrogens with zero attached hydrogens (tertiary/aromatic N) is 5. The number of halogens is 1. The lowest BCUT2D eigenvalue weighted by atomic mass is 10.0. The van der Waals surface area contributed by atoms with Crippen LogP contribution >= 0.6 is 0 Å². The Kier molecular flexibility index (Phi) is 5.62. The van der Waals surface area contributed by atoms with Crippen molar-refractivity contribution in [1.29, 1.82) is 0 Å². The summed E-state index contributed by atoms with van der Waals surface area (Å²) in [5.74, 6) is 1.16. The van der Waals surface area contributed by atoms with Crippen LogP contribution in [0, 0.1) is 12.7 Å². The van der Waals surface area contributed by atoms with E-state index in [2.05, 4.69) is 25.4 Å². The number of aryl methyl sites for hydroxylation is 1. The molecule has 7 heteroatoms. The first-order valence-corrected chi connectivity index (χ1v) is 11.0. The molecule has 3 heterocycles. The number of rotatable bonds is 5. The fourth-order valence-electron chi connectivity index (χ4n) is 4.30. The normalized spacial score (nSPS) is 14.0. The molecular weight excluding hydrogens is 403 g/mol. The predicted octanol–water partition coefficient (Wildman–Crippen LogP) is 5.19. The average Bonchev–Trinajstić information content (AvgIpc) is 2.82. The van der Waals surface area contributed by atoms with Crippen LogP contribution in [0.5, 0.6) is 0 Å². The summed E-state index contributed by atoms with van der Waals surface area (Å²) in [6, 6.07) is 12.9. The van der Waals surface area contributed by atoms with Gasteiger partial charge in [0, 0.05) is 36.8 Å². The molecule has 1 aliphatic heterocycles. The molecule has 5 rings (SSSR count). The second kappa shape index (κ2) is 8.86. The Morgan fingerprint density at radius 2 is 1.94 bits per heavy atom. The maximum atomic E-state index is 14.0. The molecule has 0 aliphatic carbocycles. The summed E-state index contributed by atoms with van der Waals surface area (Å²) in [7, 11) is 0. The van der Waals surface area contributed by atoms with Gasteiger partial charge >= 0.3 is 0 Å². The lowest BCUT2D eigenvalue weighted by Crippen LogP contribution is -2.30. The topological polar surface area (TPSA) is 66.8 Å². The number of fused-ring (bicyclic) bond motifs is 1. The Morgan fingerprint density at radius 1 is 1.06 bits per heavy atom. The van der Waals surface area contributed by atoms with Crippen LogP contribution in [0.25, 0.3) is 10.9 Å². The highest BCUT2D eigenvalue weighted by Gasteiger charge is 2.16. The first-order chi connectivity index (χ1) is 15.7. The molecule has 0 saturated carbocycles. The van der Waals surface area contributed by atoms with Gasteiger partial charge in [-0.3, -0.25) is 0 Å². The Hall–Kier alpha value is -3.61. The first-order valence-electron chi connectivity index (χ1n) is 11.0. The largest absolute Gasteiger partial charge is 0.371 e. The molecule has 0 unspecified atom stereocenters. The predicted molar refractivity (Wildman–Crippen MR) is 125 cm³/mol. The summed E-state index contributed by atoms with van der Waals surface area (Å²) in [5, 5.41) is 12.7. The van der Waals surface area contributed by atoms with Gasteiger partial charge in [-0.1, -0.05) is 24.3 Å². The zero-order valence-electron chi connectivity index (χ0n) is 18.1. The average molecular weight is 429 g/mol. The monoisotopic (exact) mass is 428 g/mol. The van der Waals surface area contributed by atoms with Gasteiger partial charge < -0.3 is 10.2 Å². The molecule has 0 spiro atoms. The summed E-state index contributed by atoms with van der Waals surface area (Å²) < 4.78 is 14.0. The van der Waals surface area contributed by atoms with E-state index in [1.165, 1.54) is 12.5 Å². The summed E-state index contributed by atoms with van der Waals surface area (Å²) in [4.78, 5) is 11.5. The second-order valence-electron chi connectivity index (χ2n) is 8.21. The van der Waals surface area contributed by atoms with Crippen LogP contribution in [0.4, 0.5) is 21.6 Å². The van der Waals surface area contributed by atoms with E-state index in [-0.39, 0.29) is 5.82 Å². The molecule has 1 aliphatic rings. The zero-order valence-corrected chi connectivity index (χ0v) is 18.1. The van der Waals surface area contributed by atoms with Crippen molar-refractivity contribution in [3.63, 3.8) is 0 Å². The first kappa shape index (κ1) is 20.3. The smallest absolute Gasteiger partial charge is 0.135 e. The van der Waals surface area contributed by atoms with Crippen molar-refractivity contribution in [1.82, 2.24) is 20.2 Å². The van der Waals surface area contributed by atoms with Crippen LogP contribution in [-0.4, -0.2) is 33.3 Å². The minimum Gasteiger partial charge on any atom is -0.371 e. The number of aromatic nitrogens is 4. The number of hydrogen-bond donors (Lipinski definition) is 1. The molecule has 0 atom stereocenters. The maximum Gasteiger partial charge on any atom is 0.135 e. The van der Waals surface area contributed by atoms with Crippen LogP contribution in [0.15, 0.2) is 54.9 Å². The molecular formula is C25H25FN6. The van der Waals surface area contributed by atoms with Crippen molar-refractivity contribution in [2.75, 3.05) is 23.3 Å². The van der Waals surface area contributed by atoms with E-state index >= 15 is 0 Å². The summed E-state index contributed by atoms with van der Waals surface area (Å²) in [6.07, 6.45) is 7.50. The number of hydrogen-bond acceptors (Lipinski definition) is 6. The van der Waals surface area contributed by atoms with Crippen LogP contribution in [0.1, 0.15) is 36.2 Å². The molecule has 4 aromatic rings. The summed E-state index contributed by atoms with van der Waals surface area (Å²) in [6.45, 7) is 3.94. The van der Waals surface area contributed by atoms with Gasteiger partial charge in [0.25, 0.3) is 0 Å². The van der Waals surface area contributed by atoms with Crippen molar-refractivity contribution in [3.8, 4) is 0 Å². The summed E-state index contributed by atoms with van der Waals surface area (Å²) in [5.41, 5.74) is 4.77. The van der Waals surface area contributed by atoms with Crippen LogP contribution in [0.3, 0.4) is 0 Å². The molecule has 1 saturated heterocycles. The van der Waals surface area contributed by atoms with Gasteiger partial charge in [0.2, 0.25) is 0 Å². The number of nitrogens with one attached hydrogen (secondary N) is 1. The van der Waals surface area contributed by atoms with E-state index in [1.807, 2.05) is 37.3 Å². The van der Waals surface area contributed by atoms with Gasteiger partial charge in [-0.25, -0.2) is 14.4 Å². The Bertz CT molecular complexity index is 1250. The SMILES string of the molecule is Cc1cccc2c(Nc3ccnc(Cc4ccc(F)cc4N4CCCCC4)n3)cnnc12. The number of benzene rings is 2. The molecule has 32 heavy (non-hydrogen) atoms. The molecule has 162 valence electrons.